The molecule has 0 radical (unpaired) electrons. The zero-order chi connectivity index (χ0) is 20.9. The third-order valence-corrected chi connectivity index (χ3v) is 6.80. The number of ether oxygens (including phenoxy) is 2. The summed E-state index contributed by atoms with van der Waals surface area (Å²) in [5.74, 6) is 0.724. The number of morpholine rings is 1. The van der Waals surface area contributed by atoms with Gasteiger partial charge in [0, 0.05) is 26.2 Å². The second-order valence-corrected chi connectivity index (χ2v) is 8.77. The van der Waals surface area contributed by atoms with E-state index in [0.29, 0.717) is 28.9 Å². The minimum Gasteiger partial charge on any atom is -0.494 e. The number of amides is 1. The highest BCUT2D eigenvalue weighted by molar-refractivity contribution is 7.22. The number of carbonyl (C=O) groups is 1. The van der Waals surface area contributed by atoms with Crippen LogP contribution in [0.5, 0.6) is 5.75 Å². The Kier molecular flexibility index (Phi) is 6.88. The second-order valence-electron chi connectivity index (χ2n) is 7.01. The average molecular weight is 448 g/mol. The lowest BCUT2D eigenvalue weighted by Gasteiger charge is -2.27. The summed E-state index contributed by atoms with van der Waals surface area (Å²) >= 11 is 2.64. The smallest absolute Gasteiger partial charge is 0.273 e. The minimum absolute atomic E-state index is 0.0893. The summed E-state index contributed by atoms with van der Waals surface area (Å²) in [5.41, 5.74) is 1.52. The van der Waals surface area contributed by atoms with Crippen LogP contribution >= 0.6 is 22.9 Å². The van der Waals surface area contributed by atoms with Crippen LogP contribution in [0.15, 0.2) is 18.2 Å². The Balaban J connectivity index is 1.56. The van der Waals surface area contributed by atoms with Gasteiger partial charge >= 0.3 is 0 Å². The number of aromatic nitrogens is 3. The number of carbonyl (C=O) groups excluding carboxylic acids is 1. The van der Waals surface area contributed by atoms with Crippen molar-refractivity contribution in [1.82, 2.24) is 19.5 Å². The van der Waals surface area contributed by atoms with Gasteiger partial charge in [-0.15, -0.1) is 5.10 Å². The molecule has 1 aromatic carbocycles. The van der Waals surface area contributed by atoms with Gasteiger partial charge in [-0.2, -0.15) is 0 Å². The van der Waals surface area contributed by atoms with Crippen LogP contribution in [0.3, 0.4) is 0 Å². The number of nitrogens with zero attached hydrogens (tertiary/aromatic N) is 5. The number of thiazole rings is 1. The van der Waals surface area contributed by atoms with E-state index in [1.165, 1.54) is 11.3 Å². The molecule has 160 valence electrons. The summed E-state index contributed by atoms with van der Waals surface area (Å²) in [4.78, 5) is 22.8. The maximum Gasteiger partial charge on any atom is 0.273 e. The van der Waals surface area contributed by atoms with Gasteiger partial charge in [0.2, 0.25) is 0 Å². The molecule has 3 heterocycles. The molecule has 1 amide bonds. The van der Waals surface area contributed by atoms with Crippen molar-refractivity contribution in [2.75, 3.05) is 50.9 Å². The Hall–Kier alpha value is -2.14. The molecule has 1 saturated heterocycles. The zero-order valence-electron chi connectivity index (χ0n) is 17.2. The lowest BCUT2D eigenvalue weighted by Crippen LogP contribution is -2.39. The lowest BCUT2D eigenvalue weighted by molar-refractivity contribution is 0.0376. The summed E-state index contributed by atoms with van der Waals surface area (Å²) < 4.78 is 16.0. The first-order valence-corrected chi connectivity index (χ1v) is 11.7. The van der Waals surface area contributed by atoms with Crippen molar-refractivity contribution in [2.45, 2.75) is 20.3 Å². The van der Waals surface area contributed by atoms with Crippen LogP contribution in [0.2, 0.25) is 0 Å². The Morgan fingerprint density at radius 1 is 1.33 bits per heavy atom. The summed E-state index contributed by atoms with van der Waals surface area (Å²) in [6.45, 7) is 9.32. The number of hydrogen-bond donors (Lipinski definition) is 0. The van der Waals surface area contributed by atoms with Crippen LogP contribution in [0.4, 0.5) is 5.13 Å². The predicted molar refractivity (Wildman–Crippen MR) is 119 cm³/mol. The van der Waals surface area contributed by atoms with E-state index in [1.807, 2.05) is 32.0 Å². The topological polar surface area (TPSA) is 80.7 Å². The van der Waals surface area contributed by atoms with Crippen LogP contribution in [0, 0.1) is 6.92 Å². The van der Waals surface area contributed by atoms with E-state index in [9.17, 15) is 4.79 Å². The van der Waals surface area contributed by atoms with E-state index in [1.54, 1.807) is 4.90 Å². The van der Waals surface area contributed by atoms with Gasteiger partial charge in [-0.1, -0.05) is 15.8 Å². The quantitative estimate of drug-likeness (QED) is 0.524. The van der Waals surface area contributed by atoms with Gasteiger partial charge in [0.25, 0.3) is 5.91 Å². The van der Waals surface area contributed by atoms with Crippen molar-refractivity contribution >= 4 is 44.1 Å². The van der Waals surface area contributed by atoms with E-state index < -0.39 is 0 Å². The highest BCUT2D eigenvalue weighted by Crippen LogP contribution is 2.33. The maximum atomic E-state index is 13.3. The van der Waals surface area contributed by atoms with Gasteiger partial charge in [-0.25, -0.2) is 4.98 Å². The molecule has 0 atom stereocenters. The van der Waals surface area contributed by atoms with Gasteiger partial charge in [0.05, 0.1) is 35.7 Å². The van der Waals surface area contributed by atoms with Crippen LogP contribution in [0.25, 0.3) is 10.2 Å². The summed E-state index contributed by atoms with van der Waals surface area (Å²) in [5, 5.41) is 4.70. The van der Waals surface area contributed by atoms with Gasteiger partial charge in [0.1, 0.15) is 10.6 Å². The standard InChI is InChI=1S/C20H25N5O3S2/c1-3-28-15-5-6-16-17(13-15)29-20(21-16)25(19(26)18-14(2)22-23-30-18)8-4-7-24-9-11-27-12-10-24/h5-6,13H,3-4,7-12H2,1-2H3. The van der Waals surface area contributed by atoms with E-state index in [0.717, 1.165) is 66.8 Å². The number of rotatable bonds is 8. The fraction of sp³-hybridized carbons (Fsp3) is 0.500. The Morgan fingerprint density at radius 3 is 2.90 bits per heavy atom. The molecule has 10 heteroatoms. The third-order valence-electron chi connectivity index (χ3n) is 4.94. The largest absolute Gasteiger partial charge is 0.494 e. The molecule has 0 saturated carbocycles. The van der Waals surface area contributed by atoms with Gasteiger partial charge < -0.3 is 9.47 Å². The van der Waals surface area contributed by atoms with E-state index in [2.05, 4.69) is 14.5 Å². The molecule has 2 aromatic heterocycles. The third kappa shape index (κ3) is 4.77. The van der Waals surface area contributed by atoms with Crippen LogP contribution in [0.1, 0.15) is 28.7 Å². The fourth-order valence-electron chi connectivity index (χ4n) is 3.38. The molecular weight excluding hydrogens is 422 g/mol. The van der Waals surface area contributed by atoms with Crippen molar-refractivity contribution in [1.29, 1.82) is 0 Å². The zero-order valence-corrected chi connectivity index (χ0v) is 18.8. The molecule has 0 spiro atoms. The van der Waals surface area contributed by atoms with E-state index >= 15 is 0 Å². The van der Waals surface area contributed by atoms with Crippen LogP contribution < -0.4 is 9.64 Å². The molecule has 0 N–H and O–H groups in total. The molecule has 3 aromatic rings. The molecule has 1 fully saturated rings. The number of hydrogen-bond acceptors (Lipinski definition) is 9. The first-order chi connectivity index (χ1) is 14.7. The summed E-state index contributed by atoms with van der Waals surface area (Å²) in [6, 6.07) is 5.84. The normalized spacial score (nSPS) is 14.9. The maximum absolute atomic E-state index is 13.3. The molecule has 4 rings (SSSR count). The van der Waals surface area contributed by atoms with Crippen LogP contribution in [-0.4, -0.2) is 71.4 Å². The van der Waals surface area contributed by atoms with Crippen molar-refractivity contribution in [3.63, 3.8) is 0 Å². The summed E-state index contributed by atoms with van der Waals surface area (Å²) in [6.07, 6.45) is 0.858. The van der Waals surface area contributed by atoms with E-state index in [4.69, 9.17) is 14.5 Å². The first kappa shape index (κ1) is 21.1. The molecule has 8 nitrogen and oxygen atoms in total. The SMILES string of the molecule is CCOc1ccc2nc(N(CCCN3CCOCC3)C(=O)c3snnc3C)sc2c1. The Morgan fingerprint density at radius 2 is 2.17 bits per heavy atom. The average Bonchev–Trinajstić information content (AvgIpc) is 3.37. The molecule has 0 unspecified atom stereocenters. The van der Waals surface area contributed by atoms with Gasteiger partial charge in [0.15, 0.2) is 5.13 Å². The molecular formula is C20H25N5O3S2. The van der Waals surface area contributed by atoms with Gasteiger partial charge in [-0.3, -0.25) is 14.6 Å². The molecule has 1 aliphatic heterocycles. The number of fused-ring (bicyclic) bond motifs is 1. The Bertz CT molecular complexity index is 999. The Labute approximate surface area is 183 Å². The van der Waals surface area contributed by atoms with Crippen molar-refractivity contribution in [3.05, 3.63) is 28.8 Å². The van der Waals surface area contributed by atoms with Crippen molar-refractivity contribution < 1.29 is 14.3 Å². The second kappa shape index (κ2) is 9.78. The first-order valence-electron chi connectivity index (χ1n) is 10.1. The molecule has 0 aliphatic carbocycles. The van der Waals surface area contributed by atoms with Gasteiger partial charge in [-0.05, 0) is 50.0 Å². The highest BCUT2D eigenvalue weighted by Gasteiger charge is 2.25. The number of aryl methyl sites for hydroxylation is 1. The van der Waals surface area contributed by atoms with E-state index in [-0.39, 0.29) is 5.91 Å². The number of anilines is 1. The highest BCUT2D eigenvalue weighted by atomic mass is 32.1. The molecule has 0 bridgehead atoms. The predicted octanol–water partition coefficient (Wildman–Crippen LogP) is 3.22. The molecule has 1 aliphatic rings. The van der Waals surface area contributed by atoms with Crippen molar-refractivity contribution in [2.24, 2.45) is 0 Å². The lowest BCUT2D eigenvalue weighted by atomic mass is 10.3. The fourth-order valence-corrected chi connectivity index (χ4v) is 5.00. The number of benzene rings is 1. The summed E-state index contributed by atoms with van der Waals surface area (Å²) in [7, 11) is 0. The van der Waals surface area contributed by atoms with Crippen molar-refractivity contribution in [3.8, 4) is 5.75 Å². The monoisotopic (exact) mass is 447 g/mol. The van der Waals surface area contributed by atoms with Crippen LogP contribution in [-0.2, 0) is 4.74 Å². The molecule has 30 heavy (non-hydrogen) atoms. The minimum atomic E-state index is -0.0893.